The van der Waals surface area contributed by atoms with E-state index in [0.29, 0.717) is 19.8 Å². The van der Waals surface area contributed by atoms with Gasteiger partial charge in [-0.15, -0.1) is 11.3 Å². The number of nitrogens with one attached hydrogen (secondary N) is 1. The van der Waals surface area contributed by atoms with Crippen LogP contribution >= 0.6 is 11.3 Å². The molecule has 14 heavy (non-hydrogen) atoms. The lowest BCUT2D eigenvalue weighted by atomic mass is 9.88. The van der Waals surface area contributed by atoms with Crippen LogP contribution in [0.15, 0.2) is 11.4 Å². The lowest BCUT2D eigenvalue weighted by Gasteiger charge is -2.35. The molecule has 0 bridgehead atoms. The van der Waals surface area contributed by atoms with E-state index in [1.807, 2.05) is 5.38 Å². The summed E-state index contributed by atoms with van der Waals surface area (Å²) in [4.78, 5) is 0. The van der Waals surface area contributed by atoms with Crippen molar-refractivity contribution in [3.63, 3.8) is 0 Å². The maximum absolute atomic E-state index is 8.97. The Morgan fingerprint density at radius 3 is 2.93 bits per heavy atom. The Morgan fingerprint density at radius 1 is 1.71 bits per heavy atom. The molecular weight excluding hydrogens is 196 g/mol. The number of nitriles is 1. The molecule has 0 atom stereocenters. The van der Waals surface area contributed by atoms with E-state index in [-0.39, 0.29) is 5.41 Å². The topological polar surface area (TPSA) is 45.0 Å². The number of hydrogen-bond donors (Lipinski definition) is 1. The lowest BCUT2D eigenvalue weighted by Crippen LogP contribution is -2.46. The third kappa shape index (κ3) is 1.61. The third-order valence-corrected chi connectivity index (χ3v) is 3.42. The predicted octanol–water partition coefficient (Wildman–Crippen LogP) is 2.01. The maximum atomic E-state index is 8.97. The minimum absolute atomic E-state index is 0.295. The van der Waals surface area contributed by atoms with Gasteiger partial charge < -0.3 is 10.1 Å². The minimum Gasteiger partial charge on any atom is -0.378 e. The van der Waals surface area contributed by atoms with Gasteiger partial charge in [0.15, 0.2) is 0 Å². The van der Waals surface area contributed by atoms with Gasteiger partial charge in [-0.05, 0) is 23.9 Å². The average Bonchev–Trinajstić information content (AvgIpc) is 2.51. The van der Waals surface area contributed by atoms with Crippen LogP contribution in [-0.4, -0.2) is 19.8 Å². The molecule has 0 amide bonds. The van der Waals surface area contributed by atoms with Crippen LogP contribution in [0.3, 0.4) is 0 Å². The molecule has 4 heteroatoms. The van der Waals surface area contributed by atoms with E-state index in [1.54, 1.807) is 11.3 Å². The molecule has 0 saturated carbocycles. The van der Waals surface area contributed by atoms with Crippen molar-refractivity contribution in [3.05, 3.63) is 17.0 Å². The van der Waals surface area contributed by atoms with Crippen molar-refractivity contribution in [2.75, 3.05) is 25.1 Å². The number of nitrogens with zero attached hydrogens (tertiary/aromatic N) is 1. The summed E-state index contributed by atoms with van der Waals surface area (Å²) in [7, 11) is 0. The molecule has 2 rings (SSSR count). The highest BCUT2D eigenvalue weighted by Gasteiger charge is 2.38. The first-order valence-electron chi connectivity index (χ1n) is 4.53. The number of aryl methyl sites for hydroxylation is 1. The zero-order chi connectivity index (χ0) is 10.0. The van der Waals surface area contributed by atoms with Gasteiger partial charge in [0.05, 0.1) is 24.3 Å². The molecule has 1 aliphatic rings. The van der Waals surface area contributed by atoms with E-state index in [4.69, 9.17) is 10.00 Å². The second kappa shape index (κ2) is 3.60. The van der Waals surface area contributed by atoms with E-state index in [1.165, 1.54) is 5.56 Å². The Bertz CT molecular complexity index is 362. The highest BCUT2D eigenvalue weighted by atomic mass is 32.1. The second-order valence-corrected chi connectivity index (χ2v) is 4.59. The van der Waals surface area contributed by atoms with Crippen LogP contribution in [0.4, 0.5) is 5.00 Å². The number of ether oxygens (including phenoxy) is 1. The molecule has 74 valence electrons. The van der Waals surface area contributed by atoms with Gasteiger partial charge in [-0.25, -0.2) is 0 Å². The first-order chi connectivity index (χ1) is 6.76. The smallest absolute Gasteiger partial charge is 0.121 e. The molecular formula is C10H12N2OS. The Morgan fingerprint density at radius 2 is 2.50 bits per heavy atom. The number of thiophene rings is 1. The number of rotatable bonds is 3. The number of hydrogen-bond acceptors (Lipinski definition) is 4. The van der Waals surface area contributed by atoms with Gasteiger partial charge in [-0.2, -0.15) is 5.26 Å². The molecule has 1 saturated heterocycles. The van der Waals surface area contributed by atoms with E-state index in [2.05, 4.69) is 24.4 Å². The van der Waals surface area contributed by atoms with Crippen molar-refractivity contribution in [3.8, 4) is 6.07 Å². The third-order valence-electron chi connectivity index (χ3n) is 2.44. The Hall–Kier alpha value is -1.05. The second-order valence-electron chi connectivity index (χ2n) is 3.67. The van der Waals surface area contributed by atoms with E-state index < -0.39 is 0 Å². The first-order valence-corrected chi connectivity index (χ1v) is 5.41. The Labute approximate surface area is 87.3 Å². The minimum atomic E-state index is -0.295. The molecule has 1 aromatic rings. The van der Waals surface area contributed by atoms with E-state index in [9.17, 15) is 0 Å². The summed E-state index contributed by atoms with van der Waals surface area (Å²) in [5.74, 6) is 0. The molecule has 0 spiro atoms. The van der Waals surface area contributed by atoms with Gasteiger partial charge in [-0.3, -0.25) is 0 Å². The fraction of sp³-hybridized carbons (Fsp3) is 0.500. The Kier molecular flexibility index (Phi) is 2.44. The van der Waals surface area contributed by atoms with Crippen molar-refractivity contribution in [1.82, 2.24) is 0 Å². The van der Waals surface area contributed by atoms with Gasteiger partial charge in [0.2, 0.25) is 0 Å². The van der Waals surface area contributed by atoms with Crippen LogP contribution in [0.2, 0.25) is 0 Å². The summed E-state index contributed by atoms with van der Waals surface area (Å²) in [6.45, 7) is 3.86. The van der Waals surface area contributed by atoms with Crippen molar-refractivity contribution in [1.29, 1.82) is 5.26 Å². The normalized spacial score (nSPS) is 18.3. The zero-order valence-electron chi connectivity index (χ0n) is 8.04. The molecule has 0 aliphatic carbocycles. The molecule has 3 nitrogen and oxygen atoms in total. The molecule has 0 aromatic carbocycles. The average molecular weight is 208 g/mol. The molecule has 1 N–H and O–H groups in total. The number of anilines is 1. The largest absolute Gasteiger partial charge is 0.378 e. The summed E-state index contributed by atoms with van der Waals surface area (Å²) in [5, 5.41) is 15.5. The standard InChI is InChI=1S/C10H12N2OS/c1-8-2-3-14-9(8)12-5-10(4-11)6-13-7-10/h2-3,12H,5-7H2,1H3. The monoisotopic (exact) mass is 208 g/mol. The van der Waals surface area contributed by atoms with Gasteiger partial charge in [0, 0.05) is 6.54 Å². The summed E-state index contributed by atoms with van der Waals surface area (Å²) >= 11 is 1.67. The van der Waals surface area contributed by atoms with Gasteiger partial charge in [-0.1, -0.05) is 0 Å². The molecule has 1 fully saturated rings. The lowest BCUT2D eigenvalue weighted by molar-refractivity contribution is -0.0690. The molecule has 2 heterocycles. The van der Waals surface area contributed by atoms with Crippen molar-refractivity contribution >= 4 is 16.3 Å². The van der Waals surface area contributed by atoms with Gasteiger partial charge in [0.1, 0.15) is 5.41 Å². The fourth-order valence-corrected chi connectivity index (χ4v) is 2.18. The summed E-state index contributed by atoms with van der Waals surface area (Å²) in [6, 6.07) is 4.39. The van der Waals surface area contributed by atoms with Gasteiger partial charge in [0.25, 0.3) is 0 Å². The fourth-order valence-electron chi connectivity index (χ4n) is 1.36. The summed E-state index contributed by atoms with van der Waals surface area (Å²) in [6.07, 6.45) is 0. The van der Waals surface area contributed by atoms with Crippen LogP contribution in [-0.2, 0) is 4.74 Å². The van der Waals surface area contributed by atoms with Crippen LogP contribution in [0, 0.1) is 23.7 Å². The molecule has 0 radical (unpaired) electrons. The summed E-state index contributed by atoms with van der Waals surface area (Å²) < 4.78 is 5.07. The SMILES string of the molecule is Cc1ccsc1NCC1(C#N)COC1. The van der Waals surface area contributed by atoms with Crippen LogP contribution in [0.1, 0.15) is 5.56 Å². The van der Waals surface area contributed by atoms with Crippen molar-refractivity contribution < 1.29 is 4.74 Å². The highest BCUT2D eigenvalue weighted by Crippen LogP contribution is 2.29. The molecule has 1 aromatic heterocycles. The molecule has 1 aliphatic heterocycles. The predicted molar refractivity (Wildman–Crippen MR) is 56.4 cm³/mol. The first kappa shape index (κ1) is 9.50. The van der Waals surface area contributed by atoms with Crippen LogP contribution < -0.4 is 5.32 Å². The Balaban J connectivity index is 1.95. The van der Waals surface area contributed by atoms with E-state index >= 15 is 0 Å². The highest BCUT2D eigenvalue weighted by molar-refractivity contribution is 7.14. The molecule has 0 unspecified atom stereocenters. The quantitative estimate of drug-likeness (QED) is 0.826. The van der Waals surface area contributed by atoms with Crippen LogP contribution in [0.25, 0.3) is 0 Å². The van der Waals surface area contributed by atoms with Crippen LogP contribution in [0.5, 0.6) is 0 Å². The zero-order valence-corrected chi connectivity index (χ0v) is 8.86. The van der Waals surface area contributed by atoms with E-state index in [0.717, 1.165) is 5.00 Å². The van der Waals surface area contributed by atoms with Crippen molar-refractivity contribution in [2.45, 2.75) is 6.92 Å². The van der Waals surface area contributed by atoms with Gasteiger partial charge >= 0.3 is 0 Å². The summed E-state index contributed by atoms with van der Waals surface area (Å²) in [5.41, 5.74) is 0.944. The maximum Gasteiger partial charge on any atom is 0.121 e. The van der Waals surface area contributed by atoms with Crippen molar-refractivity contribution in [2.24, 2.45) is 5.41 Å².